The minimum atomic E-state index is -0.688. The second-order valence-corrected chi connectivity index (χ2v) is 14.2. The molecule has 3 atom stereocenters. The number of phenols is 1. The third-order valence-electron chi connectivity index (χ3n) is 11.3. The summed E-state index contributed by atoms with van der Waals surface area (Å²) in [6, 6.07) is 6.04. The van der Waals surface area contributed by atoms with Crippen LogP contribution in [0.3, 0.4) is 0 Å². The highest BCUT2D eigenvalue weighted by Gasteiger charge is 2.51. The Morgan fingerprint density at radius 2 is 1.96 bits per heavy atom. The molecule has 8 rings (SSSR count). The molecule has 0 saturated carbocycles. The Kier molecular flexibility index (Phi) is 7.05. The third kappa shape index (κ3) is 4.71. The van der Waals surface area contributed by atoms with Gasteiger partial charge in [-0.05, 0) is 85.5 Å². The highest BCUT2D eigenvalue weighted by atomic mass is 19.1. The van der Waals surface area contributed by atoms with Crippen molar-refractivity contribution in [2.24, 2.45) is 5.92 Å². The lowest BCUT2D eigenvalue weighted by Crippen LogP contribution is -2.68. The maximum absolute atomic E-state index is 17.0. The van der Waals surface area contributed by atoms with E-state index in [2.05, 4.69) is 26.7 Å². The topological polar surface area (TPSA) is 94.9 Å². The highest BCUT2D eigenvalue weighted by molar-refractivity contribution is 6.01. The molecule has 0 bridgehead atoms. The van der Waals surface area contributed by atoms with E-state index in [-0.39, 0.29) is 40.0 Å². The molecular formula is C36H40F2N6O3. The average molecular weight is 643 g/mol. The second kappa shape index (κ2) is 11.0. The second-order valence-electron chi connectivity index (χ2n) is 14.2. The minimum absolute atomic E-state index is 0.0288. The summed E-state index contributed by atoms with van der Waals surface area (Å²) in [6.45, 7) is 7.86. The van der Waals surface area contributed by atoms with E-state index in [0.29, 0.717) is 71.6 Å². The number of benzene rings is 2. The van der Waals surface area contributed by atoms with E-state index in [1.165, 1.54) is 12.1 Å². The number of likely N-dealkylation sites (tertiary alicyclic amines) is 1. The maximum atomic E-state index is 17.0. The summed E-state index contributed by atoms with van der Waals surface area (Å²) in [6.07, 6.45) is 7.36. The zero-order valence-electron chi connectivity index (χ0n) is 27.2. The van der Waals surface area contributed by atoms with Crippen molar-refractivity contribution in [1.82, 2.24) is 24.8 Å². The number of β-lactam (4-membered cyclic amide) rings is 1. The average Bonchev–Trinajstić information content (AvgIpc) is 3.59. The van der Waals surface area contributed by atoms with Gasteiger partial charge in [-0.25, -0.2) is 8.78 Å². The van der Waals surface area contributed by atoms with E-state index in [1.807, 2.05) is 18.9 Å². The van der Waals surface area contributed by atoms with Crippen LogP contribution >= 0.6 is 0 Å². The van der Waals surface area contributed by atoms with Gasteiger partial charge in [0.15, 0.2) is 5.82 Å². The number of halogens is 2. The van der Waals surface area contributed by atoms with Gasteiger partial charge >= 0.3 is 6.01 Å². The Morgan fingerprint density at radius 1 is 1.13 bits per heavy atom. The first-order valence-electron chi connectivity index (χ1n) is 16.8. The quantitative estimate of drug-likeness (QED) is 0.262. The Labute approximate surface area is 272 Å². The van der Waals surface area contributed by atoms with Gasteiger partial charge in [-0.2, -0.15) is 9.97 Å². The number of likely N-dealkylation sites (N-methyl/N-ethyl adjacent to an activating group) is 1. The number of hydrogen-bond donors (Lipinski definition) is 1. The summed E-state index contributed by atoms with van der Waals surface area (Å²) in [4.78, 5) is 32.9. The first-order chi connectivity index (χ1) is 22.6. The number of aromatic nitrogens is 3. The molecule has 47 heavy (non-hydrogen) atoms. The zero-order valence-corrected chi connectivity index (χ0v) is 27.2. The molecule has 4 aromatic rings. The fourth-order valence-electron chi connectivity index (χ4n) is 8.97. The largest absolute Gasteiger partial charge is 0.508 e. The molecule has 0 aliphatic carbocycles. The van der Waals surface area contributed by atoms with Crippen LogP contribution in [0.2, 0.25) is 0 Å². The van der Waals surface area contributed by atoms with E-state index in [4.69, 9.17) is 9.72 Å². The summed E-state index contributed by atoms with van der Waals surface area (Å²) in [7, 11) is 1.84. The number of phenolic OH excluding ortho intramolecular Hbond substituents is 1. The molecule has 11 heteroatoms. The fraction of sp³-hybridized carbons (Fsp3) is 0.500. The van der Waals surface area contributed by atoms with Crippen LogP contribution in [0, 0.1) is 17.6 Å². The number of aromatic hydroxyl groups is 1. The standard InChI is InChI=1S/C36H40F2N6O3/c1-4-24-27(37)8-7-22-13-23(45)14-25(29(22)24)31-30(38)32-26(17-39-31)33(43-11-5-9-35(19-43)16-28(46)42(35)3)41-34(40-32)47-20-36-10-6-12-44(36)18-21(2)15-36/h7-8,13-14,17,21,45H,4-6,9-12,15-16,18-20H2,1-3H3/t21-,35?,36+/m1/s1. The molecular weight excluding hydrogens is 602 g/mol. The van der Waals surface area contributed by atoms with Crippen molar-refractivity contribution in [3.63, 3.8) is 0 Å². The monoisotopic (exact) mass is 642 g/mol. The van der Waals surface area contributed by atoms with Crippen molar-refractivity contribution in [1.29, 1.82) is 0 Å². The third-order valence-corrected chi connectivity index (χ3v) is 11.3. The number of anilines is 1. The van der Waals surface area contributed by atoms with E-state index >= 15 is 8.78 Å². The Bertz CT molecular complexity index is 1940. The van der Waals surface area contributed by atoms with Crippen LogP contribution in [0.5, 0.6) is 11.8 Å². The SMILES string of the molecule is CCc1c(F)ccc2cc(O)cc(-c3ncc4c(N5CCCC6(CC(=O)N6C)C5)nc(OC[C@@]56CCCN5C[C@H](C)C6)nc4c3F)c12. The van der Waals surface area contributed by atoms with Crippen molar-refractivity contribution in [2.45, 2.75) is 69.9 Å². The molecule has 2 aromatic carbocycles. The van der Waals surface area contributed by atoms with Gasteiger partial charge in [0.25, 0.3) is 0 Å². The molecule has 4 aliphatic rings. The van der Waals surface area contributed by atoms with Crippen molar-refractivity contribution in [3.05, 3.63) is 47.7 Å². The molecule has 1 amide bonds. The molecule has 1 N–H and O–H groups in total. The van der Waals surface area contributed by atoms with Gasteiger partial charge in [-0.3, -0.25) is 14.7 Å². The number of pyridine rings is 1. The number of piperidine rings is 1. The number of ether oxygens (including phenoxy) is 1. The maximum Gasteiger partial charge on any atom is 0.319 e. The molecule has 9 nitrogen and oxygen atoms in total. The molecule has 4 aliphatic heterocycles. The van der Waals surface area contributed by atoms with Crippen molar-refractivity contribution in [2.75, 3.05) is 44.7 Å². The molecule has 1 unspecified atom stereocenters. The molecule has 246 valence electrons. The predicted octanol–water partition coefficient (Wildman–Crippen LogP) is 5.85. The van der Waals surface area contributed by atoms with E-state index in [1.54, 1.807) is 18.3 Å². The van der Waals surface area contributed by atoms with Gasteiger partial charge in [-0.1, -0.05) is 19.9 Å². The van der Waals surface area contributed by atoms with Gasteiger partial charge in [-0.15, -0.1) is 0 Å². The number of carbonyl (C=O) groups is 1. The molecule has 4 fully saturated rings. The minimum Gasteiger partial charge on any atom is -0.508 e. The normalized spacial score (nSPS) is 26.1. The van der Waals surface area contributed by atoms with Crippen molar-refractivity contribution >= 4 is 33.4 Å². The molecule has 1 spiro atoms. The lowest BCUT2D eigenvalue weighted by Gasteiger charge is -2.55. The Morgan fingerprint density at radius 3 is 2.74 bits per heavy atom. The number of rotatable bonds is 6. The highest BCUT2D eigenvalue weighted by Crippen LogP contribution is 2.44. The van der Waals surface area contributed by atoms with E-state index in [9.17, 15) is 9.90 Å². The summed E-state index contributed by atoms with van der Waals surface area (Å²) in [5.74, 6) is 0.0589. The van der Waals surface area contributed by atoms with Crippen LogP contribution in [0.15, 0.2) is 30.5 Å². The fourth-order valence-corrected chi connectivity index (χ4v) is 8.97. The number of hydrogen-bond acceptors (Lipinski definition) is 8. The van der Waals surface area contributed by atoms with Crippen molar-refractivity contribution in [3.8, 4) is 23.0 Å². The summed E-state index contributed by atoms with van der Waals surface area (Å²) < 4.78 is 38.4. The molecule has 0 radical (unpaired) electrons. The van der Waals surface area contributed by atoms with Gasteiger partial charge < -0.3 is 19.6 Å². The van der Waals surface area contributed by atoms with Gasteiger partial charge in [0.05, 0.1) is 22.9 Å². The summed E-state index contributed by atoms with van der Waals surface area (Å²) in [5, 5.41) is 12.2. The lowest BCUT2D eigenvalue weighted by molar-refractivity contribution is -0.154. The number of nitrogens with zero attached hydrogens (tertiary/aromatic N) is 6. The predicted molar refractivity (Wildman–Crippen MR) is 176 cm³/mol. The Balaban J connectivity index is 1.27. The van der Waals surface area contributed by atoms with E-state index < -0.39 is 11.6 Å². The van der Waals surface area contributed by atoms with Crippen LogP contribution in [-0.4, -0.2) is 86.7 Å². The lowest BCUT2D eigenvalue weighted by atomic mass is 9.77. The van der Waals surface area contributed by atoms with Crippen LogP contribution in [0.4, 0.5) is 14.6 Å². The first-order valence-corrected chi connectivity index (χ1v) is 16.8. The molecule has 2 aromatic heterocycles. The summed E-state index contributed by atoms with van der Waals surface area (Å²) in [5.41, 5.74) is 0.383. The Hall–Kier alpha value is -4.12. The zero-order chi connectivity index (χ0) is 32.7. The number of carbonyl (C=O) groups excluding carboxylic acids is 1. The number of amides is 1. The van der Waals surface area contributed by atoms with Crippen LogP contribution in [-0.2, 0) is 11.2 Å². The number of aryl methyl sites for hydroxylation is 1. The summed E-state index contributed by atoms with van der Waals surface area (Å²) >= 11 is 0. The van der Waals surface area contributed by atoms with Crippen LogP contribution in [0.1, 0.15) is 57.9 Å². The van der Waals surface area contributed by atoms with Gasteiger partial charge in [0.1, 0.15) is 35.2 Å². The molecule has 6 heterocycles. The number of fused-ring (bicyclic) bond motifs is 3. The molecule has 4 saturated heterocycles. The van der Waals surface area contributed by atoms with Gasteiger partial charge in [0.2, 0.25) is 5.91 Å². The van der Waals surface area contributed by atoms with E-state index in [0.717, 1.165) is 45.2 Å². The smallest absolute Gasteiger partial charge is 0.319 e. The van der Waals surface area contributed by atoms with Gasteiger partial charge in [0, 0.05) is 38.4 Å². The van der Waals surface area contributed by atoms with Crippen LogP contribution < -0.4 is 9.64 Å². The van der Waals surface area contributed by atoms with Crippen LogP contribution in [0.25, 0.3) is 32.9 Å². The first kappa shape index (κ1) is 30.2. The van der Waals surface area contributed by atoms with Crippen molar-refractivity contribution < 1.29 is 23.4 Å².